The Hall–Kier alpha value is -1.20. The van der Waals surface area contributed by atoms with E-state index < -0.39 is 0 Å². The van der Waals surface area contributed by atoms with Gasteiger partial charge < -0.3 is 5.73 Å². The summed E-state index contributed by atoms with van der Waals surface area (Å²) in [6.07, 6.45) is 3.09. The zero-order chi connectivity index (χ0) is 12.7. The van der Waals surface area contributed by atoms with Crippen molar-refractivity contribution in [1.82, 2.24) is 3.96 Å². The van der Waals surface area contributed by atoms with Gasteiger partial charge in [-0.3, -0.25) is 8.75 Å². The molecule has 0 amide bonds. The van der Waals surface area contributed by atoms with Gasteiger partial charge in [0.15, 0.2) is 0 Å². The Bertz CT molecular complexity index is 658. The van der Waals surface area contributed by atoms with Crippen molar-refractivity contribution >= 4 is 38.8 Å². The van der Waals surface area contributed by atoms with Crippen LogP contribution in [0.25, 0.3) is 10.1 Å². The lowest BCUT2D eigenvalue weighted by Gasteiger charge is -2.18. The Labute approximate surface area is 114 Å². The van der Waals surface area contributed by atoms with Crippen LogP contribution in [0.1, 0.15) is 25.3 Å². The summed E-state index contributed by atoms with van der Waals surface area (Å²) >= 11 is 6.65. The molecule has 3 rings (SSSR count). The van der Waals surface area contributed by atoms with E-state index in [1.807, 2.05) is 28.2 Å². The molecular formula is C13H14N2OS2. The molecule has 1 fully saturated rings. The number of nitrogens with two attached hydrogens (primary N) is 1. The van der Waals surface area contributed by atoms with Crippen LogP contribution >= 0.6 is 23.8 Å². The summed E-state index contributed by atoms with van der Waals surface area (Å²) in [7, 11) is 0. The molecule has 0 radical (unpaired) electrons. The third kappa shape index (κ3) is 1.78. The Morgan fingerprint density at radius 3 is 2.89 bits per heavy atom. The fourth-order valence-corrected chi connectivity index (χ4v) is 4.21. The zero-order valence-electron chi connectivity index (χ0n) is 9.83. The SMILES string of the molecule is NC(=S)C1CCCC1n1sc2ccccc2c1=O. The molecule has 94 valence electrons. The predicted octanol–water partition coefficient (Wildman–Crippen LogP) is 2.69. The lowest BCUT2D eigenvalue weighted by molar-refractivity contribution is 0.485. The molecule has 1 aromatic heterocycles. The average molecular weight is 278 g/mol. The van der Waals surface area contributed by atoms with Crippen LogP contribution in [0, 0.1) is 5.92 Å². The summed E-state index contributed by atoms with van der Waals surface area (Å²) < 4.78 is 2.91. The van der Waals surface area contributed by atoms with Crippen LogP contribution in [0.3, 0.4) is 0 Å². The Morgan fingerprint density at radius 1 is 1.39 bits per heavy atom. The Morgan fingerprint density at radius 2 is 2.17 bits per heavy atom. The normalized spacial score (nSPS) is 23.6. The van der Waals surface area contributed by atoms with E-state index in [1.165, 1.54) is 11.5 Å². The molecule has 18 heavy (non-hydrogen) atoms. The van der Waals surface area contributed by atoms with Gasteiger partial charge in [-0.15, -0.1) is 0 Å². The molecule has 5 heteroatoms. The van der Waals surface area contributed by atoms with E-state index in [0.717, 1.165) is 29.3 Å². The largest absolute Gasteiger partial charge is 0.393 e. The third-order valence-electron chi connectivity index (χ3n) is 3.66. The van der Waals surface area contributed by atoms with E-state index in [-0.39, 0.29) is 17.5 Å². The van der Waals surface area contributed by atoms with Crippen molar-refractivity contribution in [1.29, 1.82) is 0 Å². The van der Waals surface area contributed by atoms with E-state index in [9.17, 15) is 4.79 Å². The molecule has 2 unspecified atom stereocenters. The number of benzene rings is 1. The summed E-state index contributed by atoms with van der Waals surface area (Å²) in [4.78, 5) is 12.9. The van der Waals surface area contributed by atoms with Crippen molar-refractivity contribution in [3.63, 3.8) is 0 Å². The molecule has 1 saturated carbocycles. The van der Waals surface area contributed by atoms with Gasteiger partial charge in [-0.2, -0.15) is 0 Å². The van der Waals surface area contributed by atoms with Crippen LogP contribution in [0.2, 0.25) is 0 Å². The third-order valence-corrected chi connectivity index (χ3v) is 5.15. The average Bonchev–Trinajstić information content (AvgIpc) is 2.94. The maximum atomic E-state index is 12.4. The number of hydrogen-bond acceptors (Lipinski definition) is 3. The number of fused-ring (bicyclic) bond motifs is 1. The number of thiocarbonyl (C=S) groups is 1. The van der Waals surface area contributed by atoms with E-state index in [1.54, 1.807) is 0 Å². The van der Waals surface area contributed by atoms with Crippen molar-refractivity contribution in [3.05, 3.63) is 34.6 Å². The summed E-state index contributed by atoms with van der Waals surface area (Å²) in [5.74, 6) is 0.172. The van der Waals surface area contributed by atoms with Crippen LogP contribution in [0.5, 0.6) is 0 Å². The zero-order valence-corrected chi connectivity index (χ0v) is 11.5. The van der Waals surface area contributed by atoms with E-state index >= 15 is 0 Å². The highest BCUT2D eigenvalue weighted by Crippen LogP contribution is 2.37. The van der Waals surface area contributed by atoms with Crippen LogP contribution < -0.4 is 11.3 Å². The number of hydrogen-bond donors (Lipinski definition) is 1. The summed E-state index contributed by atoms with van der Waals surface area (Å²) in [6, 6.07) is 7.90. The standard InChI is InChI=1S/C13H14N2OS2/c14-12(17)8-5-3-6-10(8)15-13(16)9-4-1-2-7-11(9)18-15/h1-2,4,7-8,10H,3,5-6H2,(H2,14,17). The first-order chi connectivity index (χ1) is 8.68. The molecule has 0 bridgehead atoms. The molecular weight excluding hydrogens is 264 g/mol. The van der Waals surface area contributed by atoms with Gasteiger partial charge >= 0.3 is 0 Å². The monoisotopic (exact) mass is 278 g/mol. The van der Waals surface area contributed by atoms with Crippen molar-refractivity contribution in [2.75, 3.05) is 0 Å². The van der Waals surface area contributed by atoms with Gasteiger partial charge in [-0.25, -0.2) is 0 Å². The minimum Gasteiger partial charge on any atom is -0.393 e. The molecule has 2 aromatic rings. The molecule has 2 atom stereocenters. The second-order valence-corrected chi connectivity index (χ2v) is 6.21. The van der Waals surface area contributed by atoms with Gasteiger partial charge in [0.2, 0.25) is 0 Å². The van der Waals surface area contributed by atoms with Crippen LogP contribution in [-0.2, 0) is 0 Å². The Kier molecular flexibility index (Phi) is 2.95. The highest BCUT2D eigenvalue weighted by molar-refractivity contribution is 7.80. The minimum absolute atomic E-state index is 0.101. The van der Waals surface area contributed by atoms with Gasteiger partial charge in [0.25, 0.3) is 5.56 Å². The lowest BCUT2D eigenvalue weighted by Crippen LogP contribution is -2.29. The molecule has 0 aliphatic heterocycles. The Balaban J connectivity index is 2.12. The molecule has 2 N–H and O–H groups in total. The second-order valence-electron chi connectivity index (χ2n) is 4.73. The summed E-state index contributed by atoms with van der Waals surface area (Å²) in [5.41, 5.74) is 5.89. The molecule has 1 aromatic carbocycles. The highest BCUT2D eigenvalue weighted by atomic mass is 32.1. The van der Waals surface area contributed by atoms with Crippen molar-refractivity contribution < 1.29 is 0 Å². The molecule has 1 heterocycles. The van der Waals surface area contributed by atoms with Crippen LogP contribution in [0.4, 0.5) is 0 Å². The number of aromatic nitrogens is 1. The maximum Gasteiger partial charge on any atom is 0.268 e. The summed E-state index contributed by atoms with van der Waals surface area (Å²) in [6.45, 7) is 0. The minimum atomic E-state index is 0.101. The summed E-state index contributed by atoms with van der Waals surface area (Å²) in [5, 5.41) is 0.802. The van der Waals surface area contributed by atoms with Gasteiger partial charge in [0.1, 0.15) is 0 Å². The quantitative estimate of drug-likeness (QED) is 0.859. The van der Waals surface area contributed by atoms with Crippen molar-refractivity contribution in [3.8, 4) is 0 Å². The molecule has 0 spiro atoms. The van der Waals surface area contributed by atoms with Gasteiger partial charge in [0.05, 0.1) is 21.1 Å². The highest BCUT2D eigenvalue weighted by Gasteiger charge is 2.32. The first-order valence-corrected chi connectivity index (χ1v) is 7.26. The van der Waals surface area contributed by atoms with E-state index in [4.69, 9.17) is 18.0 Å². The van der Waals surface area contributed by atoms with Crippen LogP contribution in [0.15, 0.2) is 29.1 Å². The fourth-order valence-electron chi connectivity index (χ4n) is 2.76. The van der Waals surface area contributed by atoms with Gasteiger partial charge in [0, 0.05) is 5.92 Å². The van der Waals surface area contributed by atoms with Gasteiger partial charge in [-0.05, 0) is 25.0 Å². The fraction of sp³-hybridized carbons (Fsp3) is 0.385. The van der Waals surface area contributed by atoms with E-state index in [2.05, 4.69) is 0 Å². The first kappa shape index (κ1) is 11.9. The predicted molar refractivity (Wildman–Crippen MR) is 79.2 cm³/mol. The lowest BCUT2D eigenvalue weighted by atomic mass is 10.0. The second kappa shape index (κ2) is 4.48. The van der Waals surface area contributed by atoms with Crippen molar-refractivity contribution in [2.45, 2.75) is 25.3 Å². The molecule has 3 nitrogen and oxygen atoms in total. The maximum absolute atomic E-state index is 12.4. The number of rotatable bonds is 2. The molecule has 1 aliphatic rings. The topological polar surface area (TPSA) is 48.0 Å². The number of nitrogens with zero attached hydrogens (tertiary/aromatic N) is 1. The van der Waals surface area contributed by atoms with E-state index in [0.29, 0.717) is 4.99 Å². The molecule has 0 saturated heterocycles. The van der Waals surface area contributed by atoms with Crippen molar-refractivity contribution in [2.24, 2.45) is 11.7 Å². The van der Waals surface area contributed by atoms with Gasteiger partial charge in [-0.1, -0.05) is 42.3 Å². The van der Waals surface area contributed by atoms with Crippen LogP contribution in [-0.4, -0.2) is 8.95 Å². The smallest absolute Gasteiger partial charge is 0.268 e. The first-order valence-electron chi connectivity index (χ1n) is 6.08. The molecule has 1 aliphatic carbocycles.